The van der Waals surface area contributed by atoms with Gasteiger partial charge >= 0.3 is 0 Å². The second kappa shape index (κ2) is 6.49. The second-order valence-corrected chi connectivity index (χ2v) is 4.78. The van der Waals surface area contributed by atoms with E-state index in [1.54, 1.807) is 0 Å². The molecule has 15 heavy (non-hydrogen) atoms. The summed E-state index contributed by atoms with van der Waals surface area (Å²) in [5.74, 6) is 0. The third-order valence-electron chi connectivity index (χ3n) is 3.68. The predicted molar refractivity (Wildman–Crippen MR) is 63.1 cm³/mol. The molecule has 0 N–H and O–H groups in total. The van der Waals surface area contributed by atoms with Crippen molar-refractivity contribution in [3.63, 3.8) is 0 Å². The maximum absolute atomic E-state index is 5.78. The average Bonchev–Trinajstić information content (AvgIpc) is 3.07. The zero-order valence-corrected chi connectivity index (χ0v) is 10.6. The van der Waals surface area contributed by atoms with Crippen molar-refractivity contribution in [1.29, 1.82) is 0 Å². The van der Waals surface area contributed by atoms with Crippen LogP contribution in [0.25, 0.3) is 0 Å². The zero-order valence-electron chi connectivity index (χ0n) is 10.6. The Hall–Kier alpha value is -0.0800. The molecule has 1 aliphatic rings. The van der Waals surface area contributed by atoms with E-state index < -0.39 is 0 Å². The fraction of sp³-hybridized carbons (Fsp3) is 1.00. The standard InChI is InChI=1S/C13H26O2/c1-4-7-8-13(5-2,6-3)11-14-9-12-10-15-12/h12H,4-11H2,1-3H3. The van der Waals surface area contributed by atoms with Gasteiger partial charge in [-0.1, -0.05) is 33.6 Å². The van der Waals surface area contributed by atoms with E-state index in [1.807, 2.05) is 0 Å². The molecule has 1 aliphatic heterocycles. The summed E-state index contributed by atoms with van der Waals surface area (Å²) in [7, 11) is 0. The van der Waals surface area contributed by atoms with E-state index in [-0.39, 0.29) is 0 Å². The molecule has 0 aromatic heterocycles. The first-order valence-electron chi connectivity index (χ1n) is 6.45. The van der Waals surface area contributed by atoms with E-state index in [1.165, 1.54) is 32.1 Å². The summed E-state index contributed by atoms with van der Waals surface area (Å²) in [6, 6.07) is 0. The SMILES string of the molecule is CCCCC(CC)(CC)COCC1CO1. The van der Waals surface area contributed by atoms with Gasteiger partial charge in [0.15, 0.2) is 0 Å². The van der Waals surface area contributed by atoms with Gasteiger partial charge in [-0.25, -0.2) is 0 Å². The fourth-order valence-corrected chi connectivity index (χ4v) is 2.00. The Bertz CT molecular complexity index is 160. The second-order valence-electron chi connectivity index (χ2n) is 4.78. The molecule has 90 valence electrons. The Morgan fingerprint density at radius 2 is 1.93 bits per heavy atom. The molecule has 2 heteroatoms. The average molecular weight is 214 g/mol. The normalized spacial score (nSPS) is 20.6. The summed E-state index contributed by atoms with van der Waals surface area (Å²) in [5, 5.41) is 0. The van der Waals surface area contributed by atoms with Gasteiger partial charge in [0.25, 0.3) is 0 Å². The van der Waals surface area contributed by atoms with E-state index in [2.05, 4.69) is 20.8 Å². The molecule has 2 nitrogen and oxygen atoms in total. The first kappa shape index (κ1) is 13.0. The van der Waals surface area contributed by atoms with Gasteiger partial charge in [0.05, 0.1) is 19.8 Å². The van der Waals surface area contributed by atoms with Gasteiger partial charge in [0.2, 0.25) is 0 Å². The highest BCUT2D eigenvalue weighted by atomic mass is 16.6. The minimum Gasteiger partial charge on any atom is -0.378 e. The maximum Gasteiger partial charge on any atom is 0.104 e. The molecule has 0 saturated carbocycles. The van der Waals surface area contributed by atoms with Crippen molar-refractivity contribution in [1.82, 2.24) is 0 Å². The molecule has 1 atom stereocenters. The van der Waals surface area contributed by atoms with Crippen molar-refractivity contribution in [3.8, 4) is 0 Å². The molecule has 1 heterocycles. The van der Waals surface area contributed by atoms with Crippen molar-refractivity contribution < 1.29 is 9.47 Å². The smallest absolute Gasteiger partial charge is 0.104 e. The monoisotopic (exact) mass is 214 g/mol. The van der Waals surface area contributed by atoms with Crippen LogP contribution in [0.4, 0.5) is 0 Å². The van der Waals surface area contributed by atoms with Gasteiger partial charge in [0.1, 0.15) is 6.10 Å². The van der Waals surface area contributed by atoms with E-state index in [4.69, 9.17) is 9.47 Å². The van der Waals surface area contributed by atoms with Gasteiger partial charge in [-0.15, -0.1) is 0 Å². The van der Waals surface area contributed by atoms with E-state index in [9.17, 15) is 0 Å². The minimum absolute atomic E-state index is 0.405. The summed E-state index contributed by atoms with van der Waals surface area (Å²) in [5.41, 5.74) is 0.422. The van der Waals surface area contributed by atoms with Gasteiger partial charge in [0, 0.05) is 0 Å². The number of unbranched alkanes of at least 4 members (excludes halogenated alkanes) is 1. The highest BCUT2D eigenvalue weighted by Crippen LogP contribution is 2.33. The molecule has 1 unspecified atom stereocenters. The molecule has 1 rings (SSSR count). The Kier molecular flexibility index (Phi) is 5.62. The van der Waals surface area contributed by atoms with Crippen molar-refractivity contribution >= 4 is 0 Å². The molecular weight excluding hydrogens is 188 g/mol. The van der Waals surface area contributed by atoms with Crippen LogP contribution in [-0.4, -0.2) is 25.9 Å². The minimum atomic E-state index is 0.405. The summed E-state index contributed by atoms with van der Waals surface area (Å²) < 4.78 is 10.9. The van der Waals surface area contributed by atoms with Crippen LogP contribution in [0.5, 0.6) is 0 Å². The summed E-state index contributed by atoms with van der Waals surface area (Å²) >= 11 is 0. The number of ether oxygens (including phenoxy) is 2. The van der Waals surface area contributed by atoms with Crippen LogP contribution in [0.2, 0.25) is 0 Å². The maximum atomic E-state index is 5.78. The number of hydrogen-bond donors (Lipinski definition) is 0. The Balaban J connectivity index is 2.24. The van der Waals surface area contributed by atoms with Crippen LogP contribution < -0.4 is 0 Å². The quantitative estimate of drug-likeness (QED) is 0.549. The molecule has 0 radical (unpaired) electrons. The predicted octanol–water partition coefficient (Wildman–Crippen LogP) is 3.40. The molecule has 0 bridgehead atoms. The van der Waals surface area contributed by atoms with E-state index in [0.717, 1.165) is 19.8 Å². The van der Waals surface area contributed by atoms with Crippen molar-refractivity contribution in [2.45, 2.75) is 59.0 Å². The number of epoxide rings is 1. The van der Waals surface area contributed by atoms with Crippen LogP contribution in [-0.2, 0) is 9.47 Å². The van der Waals surface area contributed by atoms with Gasteiger partial charge in [-0.2, -0.15) is 0 Å². The van der Waals surface area contributed by atoms with Crippen LogP contribution in [0.3, 0.4) is 0 Å². The first-order chi connectivity index (χ1) is 7.26. The van der Waals surface area contributed by atoms with Gasteiger partial charge in [-0.05, 0) is 24.7 Å². The lowest BCUT2D eigenvalue weighted by atomic mass is 9.78. The highest BCUT2D eigenvalue weighted by Gasteiger charge is 2.28. The van der Waals surface area contributed by atoms with Crippen LogP contribution >= 0.6 is 0 Å². The topological polar surface area (TPSA) is 21.8 Å². The van der Waals surface area contributed by atoms with Crippen LogP contribution in [0.1, 0.15) is 52.9 Å². The highest BCUT2D eigenvalue weighted by molar-refractivity contribution is 4.77. The van der Waals surface area contributed by atoms with Crippen molar-refractivity contribution in [2.75, 3.05) is 19.8 Å². The summed E-state index contributed by atoms with van der Waals surface area (Å²) in [6.07, 6.45) is 6.78. The zero-order chi connectivity index (χ0) is 11.1. The summed E-state index contributed by atoms with van der Waals surface area (Å²) in [6.45, 7) is 9.45. The Morgan fingerprint density at radius 1 is 1.27 bits per heavy atom. The van der Waals surface area contributed by atoms with Gasteiger partial charge in [-0.3, -0.25) is 0 Å². The van der Waals surface area contributed by atoms with E-state index >= 15 is 0 Å². The molecule has 1 saturated heterocycles. The van der Waals surface area contributed by atoms with Crippen molar-refractivity contribution in [2.24, 2.45) is 5.41 Å². The molecule has 0 amide bonds. The third kappa shape index (κ3) is 4.52. The van der Waals surface area contributed by atoms with Crippen LogP contribution in [0, 0.1) is 5.41 Å². The largest absolute Gasteiger partial charge is 0.378 e. The summed E-state index contributed by atoms with van der Waals surface area (Å²) in [4.78, 5) is 0. The van der Waals surface area contributed by atoms with E-state index in [0.29, 0.717) is 11.5 Å². The Labute approximate surface area is 94.3 Å². The molecule has 0 aromatic carbocycles. The molecule has 0 aromatic rings. The molecule has 1 fully saturated rings. The molecular formula is C13H26O2. The molecule has 0 aliphatic carbocycles. The van der Waals surface area contributed by atoms with Crippen LogP contribution in [0.15, 0.2) is 0 Å². The number of rotatable bonds is 9. The lowest BCUT2D eigenvalue weighted by molar-refractivity contribution is 0.0240. The lowest BCUT2D eigenvalue weighted by Gasteiger charge is -2.31. The third-order valence-corrected chi connectivity index (χ3v) is 3.68. The first-order valence-corrected chi connectivity index (χ1v) is 6.45. The Morgan fingerprint density at radius 3 is 2.40 bits per heavy atom. The number of hydrogen-bond acceptors (Lipinski definition) is 2. The van der Waals surface area contributed by atoms with Crippen molar-refractivity contribution in [3.05, 3.63) is 0 Å². The van der Waals surface area contributed by atoms with Gasteiger partial charge < -0.3 is 9.47 Å². The lowest BCUT2D eigenvalue weighted by Crippen LogP contribution is -2.26. The fourth-order valence-electron chi connectivity index (χ4n) is 2.00. The molecule has 0 spiro atoms.